The van der Waals surface area contributed by atoms with Crippen molar-refractivity contribution < 1.29 is 62.7 Å². The highest BCUT2D eigenvalue weighted by molar-refractivity contribution is 7.46. The normalized spacial score (nSPS) is 19.3. The van der Waals surface area contributed by atoms with Crippen molar-refractivity contribution in [1.29, 1.82) is 0 Å². The number of benzene rings is 1. The van der Waals surface area contributed by atoms with Crippen molar-refractivity contribution in [1.82, 2.24) is 25.8 Å². The fraction of sp³-hybridized carbons (Fsp3) is 0.618. The number of carbonyl (C=O) groups excluding carboxylic acids is 5. The zero-order valence-electron chi connectivity index (χ0n) is 30.3. The third-order valence-corrected chi connectivity index (χ3v) is 9.82. The Morgan fingerprint density at radius 2 is 1.46 bits per heavy atom. The SMILES string of the molecule is CCCC[C@H](N)C(=O)N[C@@H](CC)C(=O)N[C@@H](Cc1ccc(OP(=O)(O)O)cc1)C(=O)N1CCC[C@H]1C(=O)N1CCC[C@H]1C(=O)N[C@@H](CCC(=O)O)C(=O)O. The Morgan fingerprint density at radius 1 is 0.852 bits per heavy atom. The van der Waals surface area contributed by atoms with Crippen LogP contribution < -0.4 is 26.2 Å². The van der Waals surface area contributed by atoms with Crippen molar-refractivity contribution in [2.45, 2.75) is 121 Å². The van der Waals surface area contributed by atoms with Crippen molar-refractivity contribution in [3.8, 4) is 5.75 Å². The molecule has 2 aliphatic heterocycles. The summed E-state index contributed by atoms with van der Waals surface area (Å²) in [6, 6.07) is -1.27. The molecule has 5 amide bonds. The van der Waals surface area contributed by atoms with E-state index >= 15 is 0 Å². The van der Waals surface area contributed by atoms with Crippen LogP contribution in [0.3, 0.4) is 0 Å². The Morgan fingerprint density at radius 3 is 2.04 bits per heavy atom. The minimum Gasteiger partial charge on any atom is -0.481 e. The number of likely N-dealkylation sites (tertiary alicyclic amines) is 2. The molecule has 3 rings (SSSR count). The number of carboxylic acid groups (broad SMARTS) is 2. The topological polar surface area (TPSA) is 295 Å². The number of phosphoric acid groups is 1. The summed E-state index contributed by atoms with van der Waals surface area (Å²) in [6.45, 7) is 3.91. The first-order chi connectivity index (χ1) is 25.4. The Labute approximate surface area is 312 Å². The second kappa shape index (κ2) is 20.2. The molecule has 2 aliphatic rings. The highest BCUT2D eigenvalue weighted by Gasteiger charge is 2.44. The summed E-state index contributed by atoms with van der Waals surface area (Å²) >= 11 is 0. The maximum absolute atomic E-state index is 14.3. The van der Waals surface area contributed by atoms with Crippen LogP contribution in [0.15, 0.2) is 24.3 Å². The number of amides is 5. The lowest BCUT2D eigenvalue weighted by atomic mass is 10.0. The van der Waals surface area contributed by atoms with Crippen LogP contribution in [-0.4, -0.2) is 121 Å². The van der Waals surface area contributed by atoms with Crippen LogP contribution >= 0.6 is 7.82 Å². The molecule has 2 fully saturated rings. The van der Waals surface area contributed by atoms with Gasteiger partial charge in [0.2, 0.25) is 29.5 Å². The first-order valence-electron chi connectivity index (χ1n) is 18.0. The standard InChI is InChI=1S/C34H51N6O13P/c1-3-5-8-22(35)29(43)36-23(4-2)30(44)38-25(19-20-11-13-21(14-12-20)53-54(50,51)52)32(46)40-18-7-10-27(40)33(47)39-17-6-9-26(39)31(45)37-24(34(48)49)15-16-28(41)42/h11-14,22-27H,3-10,15-19,35H2,1-2H3,(H,36,43)(H,37,45)(H,38,44)(H,41,42)(H,48,49)(H2,50,51,52)/t22-,23-,24-,25-,26-,27-/m0/s1. The highest BCUT2D eigenvalue weighted by Crippen LogP contribution is 2.37. The van der Waals surface area contributed by atoms with Crippen molar-refractivity contribution in [2.24, 2.45) is 5.73 Å². The number of aliphatic carboxylic acids is 2. The van der Waals surface area contributed by atoms with E-state index in [9.17, 15) is 43.2 Å². The molecule has 300 valence electrons. The summed E-state index contributed by atoms with van der Waals surface area (Å²) in [5.41, 5.74) is 6.46. The van der Waals surface area contributed by atoms with E-state index in [2.05, 4.69) is 20.5 Å². The van der Waals surface area contributed by atoms with E-state index in [-0.39, 0.29) is 50.9 Å². The van der Waals surface area contributed by atoms with Crippen molar-refractivity contribution in [3.63, 3.8) is 0 Å². The van der Waals surface area contributed by atoms with Gasteiger partial charge in [-0.05, 0) is 62.6 Å². The lowest BCUT2D eigenvalue weighted by Gasteiger charge is -2.33. The predicted octanol–water partition coefficient (Wildman–Crippen LogP) is 0.0139. The monoisotopic (exact) mass is 782 g/mol. The van der Waals surface area contributed by atoms with Crippen LogP contribution in [0.2, 0.25) is 0 Å². The number of hydrogen-bond donors (Lipinski definition) is 8. The van der Waals surface area contributed by atoms with Gasteiger partial charge in [0.1, 0.15) is 36.0 Å². The van der Waals surface area contributed by atoms with E-state index in [0.717, 1.165) is 6.42 Å². The summed E-state index contributed by atoms with van der Waals surface area (Å²) in [5, 5.41) is 26.2. The minimum atomic E-state index is -4.84. The highest BCUT2D eigenvalue weighted by atomic mass is 31.2. The van der Waals surface area contributed by atoms with E-state index in [4.69, 9.17) is 20.6 Å². The third-order valence-electron chi connectivity index (χ3n) is 9.37. The van der Waals surface area contributed by atoms with E-state index in [1.807, 2.05) is 6.92 Å². The molecular weight excluding hydrogens is 731 g/mol. The zero-order valence-corrected chi connectivity index (χ0v) is 31.2. The van der Waals surface area contributed by atoms with Gasteiger partial charge in [0.25, 0.3) is 0 Å². The van der Waals surface area contributed by atoms with Gasteiger partial charge < -0.3 is 46.2 Å². The summed E-state index contributed by atoms with van der Waals surface area (Å²) in [5.74, 6) is -5.93. The number of unbranched alkanes of at least 4 members (excludes halogenated alkanes) is 1. The number of carboxylic acids is 2. The third kappa shape index (κ3) is 12.8. The fourth-order valence-electron chi connectivity index (χ4n) is 6.49. The molecule has 1 aromatic carbocycles. The van der Waals surface area contributed by atoms with Crippen LogP contribution in [0.5, 0.6) is 5.75 Å². The molecule has 0 aromatic heterocycles. The van der Waals surface area contributed by atoms with Gasteiger partial charge in [0.15, 0.2) is 0 Å². The quantitative estimate of drug-likeness (QED) is 0.0809. The molecule has 0 radical (unpaired) electrons. The maximum atomic E-state index is 14.3. The molecule has 19 nitrogen and oxygen atoms in total. The molecule has 54 heavy (non-hydrogen) atoms. The van der Waals surface area contributed by atoms with Gasteiger partial charge in [-0.25, -0.2) is 9.36 Å². The first kappa shape index (κ1) is 43.8. The van der Waals surface area contributed by atoms with Gasteiger partial charge in [-0.1, -0.05) is 38.8 Å². The summed E-state index contributed by atoms with van der Waals surface area (Å²) in [7, 11) is -4.84. The maximum Gasteiger partial charge on any atom is 0.524 e. The zero-order chi connectivity index (χ0) is 40.2. The Kier molecular flexibility index (Phi) is 16.4. The second-order valence-electron chi connectivity index (χ2n) is 13.4. The van der Waals surface area contributed by atoms with Crippen LogP contribution in [0, 0.1) is 0 Å². The molecule has 2 heterocycles. The molecule has 1 aromatic rings. The Balaban J connectivity index is 1.84. The molecule has 20 heteroatoms. The number of carbonyl (C=O) groups is 7. The molecule has 0 spiro atoms. The average Bonchev–Trinajstić information content (AvgIpc) is 3.81. The number of phosphoric ester groups is 1. The van der Waals surface area contributed by atoms with E-state index in [1.54, 1.807) is 6.92 Å². The number of hydrogen-bond acceptors (Lipinski definition) is 10. The van der Waals surface area contributed by atoms with Gasteiger partial charge in [0, 0.05) is 25.9 Å². The molecule has 0 saturated carbocycles. The molecule has 6 atom stereocenters. The van der Waals surface area contributed by atoms with E-state index < -0.39 is 92.0 Å². The van der Waals surface area contributed by atoms with Gasteiger partial charge in [-0.3, -0.25) is 38.6 Å². The van der Waals surface area contributed by atoms with Gasteiger partial charge >= 0.3 is 19.8 Å². The molecule has 9 N–H and O–H groups in total. The van der Waals surface area contributed by atoms with Crippen LogP contribution in [0.25, 0.3) is 0 Å². The van der Waals surface area contributed by atoms with Gasteiger partial charge in [-0.2, -0.15) is 0 Å². The van der Waals surface area contributed by atoms with Crippen LogP contribution in [-0.2, 0) is 44.5 Å². The Hall–Kier alpha value is -4.58. The number of nitrogens with zero attached hydrogens (tertiary/aromatic N) is 2. The first-order valence-corrected chi connectivity index (χ1v) is 19.5. The summed E-state index contributed by atoms with van der Waals surface area (Å²) in [6.07, 6.45) is 2.42. The molecule has 2 saturated heterocycles. The summed E-state index contributed by atoms with van der Waals surface area (Å²) in [4.78, 5) is 111. The van der Waals surface area contributed by atoms with E-state index in [1.165, 1.54) is 34.1 Å². The smallest absolute Gasteiger partial charge is 0.481 e. The van der Waals surface area contributed by atoms with Crippen LogP contribution in [0.4, 0.5) is 0 Å². The molecule has 0 bridgehead atoms. The number of nitrogens with two attached hydrogens (primary N) is 1. The van der Waals surface area contributed by atoms with Crippen molar-refractivity contribution >= 4 is 49.3 Å². The molecule has 0 unspecified atom stereocenters. The summed E-state index contributed by atoms with van der Waals surface area (Å²) < 4.78 is 15.9. The van der Waals surface area contributed by atoms with Gasteiger partial charge in [0.05, 0.1) is 6.04 Å². The number of nitrogens with one attached hydrogen (secondary N) is 3. The average molecular weight is 783 g/mol. The lowest BCUT2D eigenvalue weighted by molar-refractivity contribution is -0.149. The second-order valence-corrected chi connectivity index (χ2v) is 14.6. The van der Waals surface area contributed by atoms with Crippen molar-refractivity contribution in [3.05, 3.63) is 29.8 Å². The predicted molar refractivity (Wildman–Crippen MR) is 190 cm³/mol. The number of rotatable bonds is 20. The largest absolute Gasteiger partial charge is 0.524 e. The fourth-order valence-corrected chi connectivity index (χ4v) is 6.89. The van der Waals surface area contributed by atoms with Crippen LogP contribution in [0.1, 0.15) is 83.6 Å². The molecular formula is C34H51N6O13P. The lowest BCUT2D eigenvalue weighted by Crippen LogP contribution is -2.59. The van der Waals surface area contributed by atoms with E-state index in [0.29, 0.717) is 31.2 Å². The van der Waals surface area contributed by atoms with Gasteiger partial charge in [-0.15, -0.1) is 0 Å². The minimum absolute atomic E-state index is 0.125. The Bertz CT molecular complexity index is 1570. The molecule has 0 aliphatic carbocycles. The van der Waals surface area contributed by atoms with Crippen molar-refractivity contribution in [2.75, 3.05) is 13.1 Å².